The van der Waals surface area contributed by atoms with Crippen molar-refractivity contribution >= 4 is 29.1 Å². The summed E-state index contributed by atoms with van der Waals surface area (Å²) in [5, 5.41) is 6.62. The minimum atomic E-state index is -0.0643. The van der Waals surface area contributed by atoms with Crippen molar-refractivity contribution in [1.82, 2.24) is 15.1 Å². The Morgan fingerprint density at radius 1 is 1.00 bits per heavy atom. The Hall–Kier alpha value is -1.63. The number of nitrogens with one attached hydrogen (secondary N) is 2. The average molecular weight is 407 g/mol. The first-order valence-corrected chi connectivity index (χ1v) is 10.7. The zero-order valence-electron chi connectivity index (χ0n) is 16.6. The third-order valence-electron chi connectivity index (χ3n) is 5.81. The summed E-state index contributed by atoms with van der Waals surface area (Å²) in [5.74, 6) is 0.639. The molecule has 0 bridgehead atoms. The van der Waals surface area contributed by atoms with Crippen LogP contribution in [-0.2, 0) is 9.59 Å². The molecule has 1 aliphatic carbocycles. The number of carbonyl (C=O) groups excluding carboxylic acids is 2. The molecule has 1 aromatic carbocycles. The van der Waals surface area contributed by atoms with E-state index in [0.717, 1.165) is 32.6 Å². The smallest absolute Gasteiger partial charge is 0.238 e. The van der Waals surface area contributed by atoms with Gasteiger partial charge in [0.2, 0.25) is 11.8 Å². The summed E-state index contributed by atoms with van der Waals surface area (Å²) in [6.07, 6.45) is 4.80. The average Bonchev–Trinajstić information content (AvgIpc) is 2.67. The van der Waals surface area contributed by atoms with Crippen LogP contribution in [0.25, 0.3) is 0 Å². The van der Waals surface area contributed by atoms with Crippen LogP contribution in [0.4, 0.5) is 5.69 Å². The fourth-order valence-corrected chi connectivity index (χ4v) is 4.23. The predicted molar refractivity (Wildman–Crippen MR) is 113 cm³/mol. The number of rotatable bonds is 6. The Labute approximate surface area is 172 Å². The van der Waals surface area contributed by atoms with Gasteiger partial charge in [-0.25, -0.2) is 0 Å². The number of hydrogen-bond donors (Lipinski definition) is 2. The molecule has 0 spiro atoms. The monoisotopic (exact) mass is 406 g/mol. The second-order valence-corrected chi connectivity index (χ2v) is 8.42. The van der Waals surface area contributed by atoms with E-state index in [1.165, 1.54) is 19.3 Å². The molecule has 0 radical (unpaired) electrons. The molecule has 1 aliphatic heterocycles. The van der Waals surface area contributed by atoms with Crippen LogP contribution in [0, 0.1) is 5.92 Å². The number of hydrogen-bond acceptors (Lipinski definition) is 4. The van der Waals surface area contributed by atoms with Crippen molar-refractivity contribution in [3.8, 4) is 0 Å². The van der Waals surface area contributed by atoms with E-state index in [1.54, 1.807) is 12.1 Å². The molecule has 2 amide bonds. The zero-order chi connectivity index (χ0) is 19.9. The van der Waals surface area contributed by atoms with Gasteiger partial charge in [-0.15, -0.1) is 0 Å². The maximum atomic E-state index is 12.4. The van der Waals surface area contributed by atoms with Crippen LogP contribution in [0.5, 0.6) is 0 Å². The van der Waals surface area contributed by atoms with Crippen molar-refractivity contribution in [1.29, 1.82) is 0 Å². The third-order valence-corrected chi connectivity index (χ3v) is 6.13. The number of anilines is 1. The topological polar surface area (TPSA) is 64.7 Å². The molecule has 1 saturated carbocycles. The van der Waals surface area contributed by atoms with E-state index in [4.69, 9.17) is 11.6 Å². The van der Waals surface area contributed by atoms with E-state index >= 15 is 0 Å². The fourth-order valence-electron chi connectivity index (χ4n) is 4.05. The molecule has 1 saturated heterocycles. The molecule has 2 N–H and O–H groups in total. The highest BCUT2D eigenvalue weighted by Gasteiger charge is 2.25. The first-order chi connectivity index (χ1) is 13.5. The summed E-state index contributed by atoms with van der Waals surface area (Å²) in [6, 6.07) is 7.57. The van der Waals surface area contributed by atoms with Crippen LogP contribution in [0.3, 0.4) is 0 Å². The van der Waals surface area contributed by atoms with Crippen molar-refractivity contribution < 1.29 is 9.59 Å². The van der Waals surface area contributed by atoms with Crippen LogP contribution in [-0.4, -0.2) is 66.9 Å². The van der Waals surface area contributed by atoms with Gasteiger partial charge >= 0.3 is 0 Å². The quantitative estimate of drug-likeness (QED) is 0.762. The molecule has 1 heterocycles. The van der Waals surface area contributed by atoms with Crippen LogP contribution in [0.2, 0.25) is 5.02 Å². The maximum Gasteiger partial charge on any atom is 0.238 e. The van der Waals surface area contributed by atoms with Gasteiger partial charge in [0.05, 0.1) is 23.8 Å². The third kappa shape index (κ3) is 6.19. The highest BCUT2D eigenvalue weighted by atomic mass is 35.5. The van der Waals surface area contributed by atoms with E-state index < -0.39 is 0 Å². The van der Waals surface area contributed by atoms with E-state index in [0.29, 0.717) is 35.8 Å². The minimum Gasteiger partial charge on any atom is -0.352 e. The summed E-state index contributed by atoms with van der Waals surface area (Å²) in [6.45, 7) is 6.18. The zero-order valence-corrected chi connectivity index (χ0v) is 17.4. The molecule has 1 aromatic rings. The summed E-state index contributed by atoms with van der Waals surface area (Å²) < 4.78 is 0. The highest BCUT2D eigenvalue weighted by Crippen LogP contribution is 2.23. The van der Waals surface area contributed by atoms with Gasteiger partial charge in [-0.2, -0.15) is 0 Å². The summed E-state index contributed by atoms with van der Waals surface area (Å²) in [7, 11) is 0. The van der Waals surface area contributed by atoms with E-state index in [-0.39, 0.29) is 11.8 Å². The molecular formula is C21H31ClN4O2. The molecule has 0 unspecified atom stereocenters. The Morgan fingerprint density at radius 3 is 2.25 bits per heavy atom. The lowest BCUT2D eigenvalue weighted by Gasteiger charge is -2.35. The Bertz CT molecular complexity index is 676. The summed E-state index contributed by atoms with van der Waals surface area (Å²) in [5.41, 5.74) is 0.640. The Balaban J connectivity index is 1.36. The van der Waals surface area contributed by atoms with Crippen molar-refractivity contribution in [3.05, 3.63) is 29.3 Å². The van der Waals surface area contributed by atoms with Crippen LogP contribution in [0.1, 0.15) is 32.6 Å². The molecule has 3 rings (SSSR count). The lowest BCUT2D eigenvalue weighted by Crippen LogP contribution is -2.52. The van der Waals surface area contributed by atoms with Gasteiger partial charge in [0, 0.05) is 32.2 Å². The minimum absolute atomic E-state index is 0.0643. The van der Waals surface area contributed by atoms with Gasteiger partial charge in [0.15, 0.2) is 0 Å². The van der Waals surface area contributed by atoms with Gasteiger partial charge < -0.3 is 10.6 Å². The Morgan fingerprint density at radius 2 is 1.61 bits per heavy atom. The number of carbonyl (C=O) groups is 2. The number of piperazine rings is 1. The molecule has 6 nitrogen and oxygen atoms in total. The number of halogens is 1. The lowest BCUT2D eigenvalue weighted by atomic mass is 9.86. The van der Waals surface area contributed by atoms with Gasteiger partial charge in [0.25, 0.3) is 0 Å². The highest BCUT2D eigenvalue weighted by molar-refractivity contribution is 6.33. The summed E-state index contributed by atoms with van der Waals surface area (Å²) in [4.78, 5) is 28.9. The SMILES string of the molecule is C[C@H]1CCCC[C@@H]1NC(=O)CN1CCN(CC(=O)Nc2ccccc2Cl)CC1. The molecular weight excluding hydrogens is 376 g/mol. The van der Waals surface area contributed by atoms with E-state index in [1.807, 2.05) is 12.1 Å². The van der Waals surface area contributed by atoms with Crippen molar-refractivity contribution in [2.75, 3.05) is 44.6 Å². The number of nitrogens with zero attached hydrogens (tertiary/aromatic N) is 2. The largest absolute Gasteiger partial charge is 0.352 e. The second kappa shape index (κ2) is 10.2. The first-order valence-electron chi connectivity index (χ1n) is 10.3. The molecule has 2 aliphatic rings. The van der Waals surface area contributed by atoms with Gasteiger partial charge in [-0.05, 0) is 30.9 Å². The van der Waals surface area contributed by atoms with Gasteiger partial charge in [-0.1, -0.05) is 43.5 Å². The van der Waals surface area contributed by atoms with Crippen LogP contribution in [0.15, 0.2) is 24.3 Å². The molecule has 28 heavy (non-hydrogen) atoms. The second-order valence-electron chi connectivity index (χ2n) is 8.02. The van der Waals surface area contributed by atoms with Gasteiger partial charge in [0.1, 0.15) is 0 Å². The molecule has 2 fully saturated rings. The van der Waals surface area contributed by atoms with Crippen LogP contribution >= 0.6 is 11.6 Å². The van der Waals surface area contributed by atoms with E-state index in [9.17, 15) is 9.59 Å². The van der Waals surface area contributed by atoms with Gasteiger partial charge in [-0.3, -0.25) is 19.4 Å². The van der Waals surface area contributed by atoms with E-state index in [2.05, 4.69) is 27.4 Å². The predicted octanol–water partition coefficient (Wildman–Crippen LogP) is 2.59. The summed E-state index contributed by atoms with van der Waals surface area (Å²) >= 11 is 6.08. The van der Waals surface area contributed by atoms with Crippen molar-refractivity contribution in [3.63, 3.8) is 0 Å². The molecule has 154 valence electrons. The van der Waals surface area contributed by atoms with Crippen molar-refractivity contribution in [2.45, 2.75) is 38.6 Å². The van der Waals surface area contributed by atoms with Crippen molar-refractivity contribution in [2.24, 2.45) is 5.92 Å². The number of benzene rings is 1. The van der Waals surface area contributed by atoms with Crippen LogP contribution < -0.4 is 10.6 Å². The number of amides is 2. The maximum absolute atomic E-state index is 12.4. The molecule has 7 heteroatoms. The molecule has 2 atom stereocenters. The molecule has 0 aromatic heterocycles. The number of para-hydroxylation sites is 1. The lowest BCUT2D eigenvalue weighted by molar-refractivity contribution is -0.124. The fraction of sp³-hybridized carbons (Fsp3) is 0.619. The normalized spacial score (nSPS) is 23.9. The first kappa shape index (κ1) is 21.1. The standard InChI is InChI=1S/C21H31ClN4O2/c1-16-6-2-4-8-18(16)23-20(27)14-25-10-12-26(13-11-25)15-21(28)24-19-9-5-3-7-17(19)22/h3,5,7,9,16,18H,2,4,6,8,10-15H2,1H3,(H,23,27)(H,24,28)/t16-,18-/m0/s1. The Kier molecular flexibility index (Phi) is 7.71.